The Bertz CT molecular complexity index is 720. The zero-order valence-electron chi connectivity index (χ0n) is 13.1. The number of carbonyl (C=O) groups is 2. The summed E-state index contributed by atoms with van der Waals surface area (Å²) in [5, 5.41) is 16.2. The maximum atomic E-state index is 12.1. The van der Waals surface area contributed by atoms with Crippen LogP contribution in [0.15, 0.2) is 42.7 Å². The van der Waals surface area contributed by atoms with Gasteiger partial charge in [-0.15, -0.1) is 0 Å². The van der Waals surface area contributed by atoms with Gasteiger partial charge in [-0.05, 0) is 24.1 Å². The first-order chi connectivity index (χ1) is 11.6. The molecular formula is C17H19N3O4. The molecule has 1 aromatic heterocycles. The Hall–Kier alpha value is -2.67. The van der Waals surface area contributed by atoms with E-state index in [4.69, 9.17) is 4.74 Å². The number of para-hydroxylation sites is 1. The van der Waals surface area contributed by atoms with Crippen LogP contribution in [0.3, 0.4) is 0 Å². The fourth-order valence-corrected chi connectivity index (χ4v) is 2.68. The minimum Gasteiger partial charge on any atom is -0.479 e. The molecule has 1 unspecified atom stereocenters. The molecule has 1 atom stereocenters. The molecule has 126 valence electrons. The van der Waals surface area contributed by atoms with Crippen molar-refractivity contribution in [1.82, 2.24) is 15.1 Å². The number of rotatable bonds is 6. The first kappa shape index (κ1) is 16.2. The molecule has 1 aliphatic rings. The van der Waals surface area contributed by atoms with Gasteiger partial charge in [0.25, 0.3) is 0 Å². The highest BCUT2D eigenvalue weighted by molar-refractivity contribution is 5.87. The van der Waals surface area contributed by atoms with E-state index >= 15 is 0 Å². The van der Waals surface area contributed by atoms with Crippen molar-refractivity contribution in [2.45, 2.75) is 24.8 Å². The highest BCUT2D eigenvalue weighted by atomic mass is 16.5. The minimum absolute atomic E-state index is 0.0139. The summed E-state index contributed by atoms with van der Waals surface area (Å²) in [5.41, 5.74) is 0.577. The van der Waals surface area contributed by atoms with Crippen molar-refractivity contribution in [3.63, 3.8) is 0 Å². The first-order valence-electron chi connectivity index (χ1n) is 7.80. The number of aliphatic carboxylic acids is 1. The Morgan fingerprint density at radius 3 is 2.79 bits per heavy atom. The lowest BCUT2D eigenvalue weighted by Gasteiger charge is -2.23. The highest BCUT2D eigenvalue weighted by Gasteiger charge is 2.43. The summed E-state index contributed by atoms with van der Waals surface area (Å²) in [7, 11) is 0. The summed E-state index contributed by atoms with van der Waals surface area (Å²) in [6.45, 7) is 0.358. The number of hydrogen-bond acceptors (Lipinski definition) is 4. The van der Waals surface area contributed by atoms with E-state index in [2.05, 4.69) is 10.4 Å². The van der Waals surface area contributed by atoms with Crippen LogP contribution in [0.4, 0.5) is 0 Å². The number of carbonyl (C=O) groups excluding carboxylic acids is 1. The zero-order chi connectivity index (χ0) is 17.0. The number of amides is 1. The molecule has 1 aliphatic heterocycles. The molecule has 2 heterocycles. The van der Waals surface area contributed by atoms with Crippen LogP contribution in [-0.4, -0.2) is 45.5 Å². The van der Waals surface area contributed by atoms with Crippen molar-refractivity contribution >= 4 is 11.9 Å². The molecule has 0 bridgehead atoms. The quantitative estimate of drug-likeness (QED) is 0.829. The fraction of sp³-hybridized carbons (Fsp3) is 0.353. The van der Waals surface area contributed by atoms with Gasteiger partial charge in [-0.25, -0.2) is 9.48 Å². The second-order valence-electron chi connectivity index (χ2n) is 5.87. The fourth-order valence-electron chi connectivity index (χ4n) is 2.68. The standard InChI is InChI=1S/C17H19N3O4/c21-15(19-17(16(22)23)8-9-24-12-17)7-6-13-10-18-20(11-13)14-4-2-1-3-5-14/h1-5,10-11H,6-9,12H2,(H,19,21)(H,22,23). The third-order valence-electron chi connectivity index (χ3n) is 4.11. The topological polar surface area (TPSA) is 93.5 Å². The van der Waals surface area contributed by atoms with Crippen LogP contribution in [0, 0.1) is 0 Å². The van der Waals surface area contributed by atoms with Crippen LogP contribution in [-0.2, 0) is 20.7 Å². The van der Waals surface area contributed by atoms with Gasteiger partial charge in [0.05, 0.1) is 18.5 Å². The van der Waals surface area contributed by atoms with Crippen molar-refractivity contribution in [2.75, 3.05) is 13.2 Å². The van der Waals surface area contributed by atoms with Crippen molar-refractivity contribution in [3.05, 3.63) is 48.3 Å². The van der Waals surface area contributed by atoms with E-state index in [0.29, 0.717) is 19.4 Å². The molecule has 1 amide bonds. The number of carboxylic acid groups (broad SMARTS) is 1. The summed E-state index contributed by atoms with van der Waals surface area (Å²) >= 11 is 0. The maximum absolute atomic E-state index is 12.1. The highest BCUT2D eigenvalue weighted by Crippen LogP contribution is 2.19. The molecule has 2 aromatic rings. The Balaban J connectivity index is 1.57. The summed E-state index contributed by atoms with van der Waals surface area (Å²) < 4.78 is 6.88. The monoisotopic (exact) mass is 329 g/mol. The Morgan fingerprint density at radius 1 is 1.33 bits per heavy atom. The van der Waals surface area contributed by atoms with Gasteiger partial charge in [-0.3, -0.25) is 4.79 Å². The van der Waals surface area contributed by atoms with Crippen LogP contribution >= 0.6 is 0 Å². The smallest absolute Gasteiger partial charge is 0.331 e. The third-order valence-corrected chi connectivity index (χ3v) is 4.11. The van der Waals surface area contributed by atoms with E-state index in [1.807, 2.05) is 36.5 Å². The van der Waals surface area contributed by atoms with Gasteiger partial charge in [0.1, 0.15) is 0 Å². The largest absolute Gasteiger partial charge is 0.479 e. The van der Waals surface area contributed by atoms with Gasteiger partial charge in [-0.1, -0.05) is 18.2 Å². The molecule has 2 N–H and O–H groups in total. The van der Waals surface area contributed by atoms with Crippen molar-refractivity contribution in [1.29, 1.82) is 0 Å². The normalized spacial score (nSPS) is 20.0. The second kappa shape index (κ2) is 6.84. The number of ether oxygens (including phenoxy) is 1. The van der Waals surface area contributed by atoms with Gasteiger partial charge in [0.15, 0.2) is 5.54 Å². The Kier molecular flexibility index (Phi) is 4.61. The molecule has 1 aromatic carbocycles. The molecule has 24 heavy (non-hydrogen) atoms. The van der Waals surface area contributed by atoms with E-state index < -0.39 is 11.5 Å². The van der Waals surface area contributed by atoms with E-state index in [0.717, 1.165) is 11.3 Å². The first-order valence-corrected chi connectivity index (χ1v) is 7.80. The van der Waals surface area contributed by atoms with Crippen LogP contribution in [0.5, 0.6) is 0 Å². The zero-order valence-corrected chi connectivity index (χ0v) is 13.1. The van der Waals surface area contributed by atoms with E-state index in [1.165, 1.54) is 0 Å². The van der Waals surface area contributed by atoms with Gasteiger partial charge >= 0.3 is 5.97 Å². The Labute approximate surface area is 139 Å². The molecule has 3 rings (SSSR count). The van der Waals surface area contributed by atoms with E-state index in [9.17, 15) is 14.7 Å². The molecule has 0 spiro atoms. The molecular weight excluding hydrogens is 310 g/mol. The lowest BCUT2D eigenvalue weighted by Crippen LogP contribution is -2.55. The van der Waals surface area contributed by atoms with Crippen LogP contribution in [0.2, 0.25) is 0 Å². The van der Waals surface area contributed by atoms with Gasteiger partial charge in [-0.2, -0.15) is 5.10 Å². The average molecular weight is 329 g/mol. The second-order valence-corrected chi connectivity index (χ2v) is 5.87. The molecule has 0 saturated carbocycles. The molecule has 7 nitrogen and oxygen atoms in total. The summed E-state index contributed by atoms with van der Waals surface area (Å²) in [5.74, 6) is -1.35. The van der Waals surface area contributed by atoms with E-state index in [-0.39, 0.29) is 18.9 Å². The number of carboxylic acids is 1. The summed E-state index contributed by atoms with van der Waals surface area (Å²) in [4.78, 5) is 23.5. The predicted octanol–water partition coefficient (Wildman–Crippen LogP) is 1.16. The average Bonchev–Trinajstić information content (AvgIpc) is 3.24. The number of hydrogen-bond donors (Lipinski definition) is 2. The molecule has 0 aliphatic carbocycles. The minimum atomic E-state index is -1.29. The number of aromatic nitrogens is 2. The maximum Gasteiger partial charge on any atom is 0.331 e. The summed E-state index contributed by atoms with van der Waals surface area (Å²) in [6.07, 6.45) is 4.57. The molecule has 0 radical (unpaired) electrons. The lowest BCUT2D eigenvalue weighted by molar-refractivity contribution is -0.147. The van der Waals surface area contributed by atoms with Crippen LogP contribution in [0.25, 0.3) is 5.69 Å². The Morgan fingerprint density at radius 2 is 2.12 bits per heavy atom. The predicted molar refractivity (Wildman–Crippen MR) is 85.8 cm³/mol. The lowest BCUT2D eigenvalue weighted by atomic mass is 9.98. The number of nitrogens with zero attached hydrogens (tertiary/aromatic N) is 2. The van der Waals surface area contributed by atoms with Crippen molar-refractivity contribution in [2.24, 2.45) is 0 Å². The SMILES string of the molecule is O=C(CCc1cnn(-c2ccccc2)c1)NC1(C(=O)O)CCOC1. The van der Waals surface area contributed by atoms with Crippen molar-refractivity contribution < 1.29 is 19.4 Å². The number of nitrogens with one attached hydrogen (secondary N) is 1. The molecule has 1 saturated heterocycles. The van der Waals surface area contributed by atoms with Gasteiger partial charge < -0.3 is 15.2 Å². The summed E-state index contributed by atoms with van der Waals surface area (Å²) in [6, 6.07) is 9.68. The van der Waals surface area contributed by atoms with Crippen molar-refractivity contribution in [3.8, 4) is 5.69 Å². The number of benzene rings is 1. The third kappa shape index (κ3) is 3.46. The van der Waals surface area contributed by atoms with E-state index in [1.54, 1.807) is 10.9 Å². The number of aryl methyl sites for hydroxylation is 1. The van der Waals surface area contributed by atoms with Gasteiger partial charge in [0.2, 0.25) is 5.91 Å². The van der Waals surface area contributed by atoms with Gasteiger partial charge in [0, 0.05) is 25.6 Å². The van der Waals surface area contributed by atoms with Crippen LogP contribution < -0.4 is 5.32 Å². The molecule has 1 fully saturated rings. The molecule has 7 heteroatoms. The van der Waals surface area contributed by atoms with Crippen LogP contribution in [0.1, 0.15) is 18.4 Å².